The molecule has 2 aromatic heterocycles. The first-order chi connectivity index (χ1) is 10.9. The lowest BCUT2D eigenvalue weighted by Gasteiger charge is -2.05. The maximum Gasteiger partial charge on any atom is 0.416 e. The van der Waals surface area contributed by atoms with E-state index in [1.165, 1.54) is 42.1 Å². The normalized spacial score (nSPS) is 11.7. The summed E-state index contributed by atoms with van der Waals surface area (Å²) in [5.74, 6) is -0.243. The van der Waals surface area contributed by atoms with Gasteiger partial charge < -0.3 is 4.74 Å². The highest BCUT2D eigenvalue weighted by Gasteiger charge is 2.30. The number of ether oxygens (including phenoxy) is 1. The minimum absolute atomic E-state index is 0.265. The minimum atomic E-state index is -4.39. The lowest BCUT2D eigenvalue weighted by atomic mass is 10.1. The highest BCUT2D eigenvalue weighted by Crippen LogP contribution is 2.30. The van der Waals surface area contributed by atoms with Crippen LogP contribution in [0.2, 0.25) is 0 Å². The molecular formula is C15H10F3N3O2. The van der Waals surface area contributed by atoms with E-state index < -0.39 is 17.7 Å². The number of carbonyl (C=O) groups is 1. The predicted molar refractivity (Wildman–Crippen MR) is 74.8 cm³/mol. The molecule has 3 aromatic rings. The van der Waals surface area contributed by atoms with E-state index >= 15 is 0 Å². The predicted octanol–water partition coefficient (Wildman–Crippen LogP) is 3.20. The molecule has 0 aliphatic rings. The number of nitrogens with zero attached hydrogens (tertiary/aromatic N) is 3. The van der Waals surface area contributed by atoms with Gasteiger partial charge in [0.2, 0.25) is 0 Å². The maximum absolute atomic E-state index is 12.6. The summed E-state index contributed by atoms with van der Waals surface area (Å²) in [6, 6.07) is 7.57. The van der Waals surface area contributed by atoms with Gasteiger partial charge in [-0.1, -0.05) is 12.1 Å². The van der Waals surface area contributed by atoms with Gasteiger partial charge in [0, 0.05) is 11.8 Å². The van der Waals surface area contributed by atoms with Crippen molar-refractivity contribution in [1.29, 1.82) is 0 Å². The summed E-state index contributed by atoms with van der Waals surface area (Å²) in [4.78, 5) is 15.7. The molecule has 1 aromatic carbocycles. The van der Waals surface area contributed by atoms with Crippen molar-refractivity contribution in [3.63, 3.8) is 0 Å². The molecule has 2 heterocycles. The molecule has 0 radical (unpaired) electrons. The summed E-state index contributed by atoms with van der Waals surface area (Å²) in [5, 5.41) is 4.17. The van der Waals surface area contributed by atoms with Gasteiger partial charge >= 0.3 is 12.1 Å². The zero-order valence-corrected chi connectivity index (χ0v) is 11.8. The Balaban J connectivity index is 1.98. The summed E-state index contributed by atoms with van der Waals surface area (Å²) in [6.45, 7) is 0. The number of hydrogen-bond donors (Lipinski definition) is 0. The Morgan fingerprint density at radius 1 is 1.17 bits per heavy atom. The lowest BCUT2D eigenvalue weighted by molar-refractivity contribution is -0.137. The van der Waals surface area contributed by atoms with Gasteiger partial charge in [-0.25, -0.2) is 14.3 Å². The first-order valence-corrected chi connectivity index (χ1v) is 6.51. The molecule has 8 heteroatoms. The highest BCUT2D eigenvalue weighted by atomic mass is 19.4. The molecule has 0 unspecified atom stereocenters. The average molecular weight is 321 g/mol. The van der Waals surface area contributed by atoms with Gasteiger partial charge in [0.25, 0.3) is 0 Å². The summed E-state index contributed by atoms with van der Waals surface area (Å²) >= 11 is 0. The van der Waals surface area contributed by atoms with Crippen LogP contribution in [0, 0.1) is 0 Å². The topological polar surface area (TPSA) is 56.5 Å². The van der Waals surface area contributed by atoms with E-state index in [0.29, 0.717) is 16.8 Å². The fourth-order valence-corrected chi connectivity index (χ4v) is 2.06. The number of aromatic nitrogens is 3. The monoisotopic (exact) mass is 321 g/mol. The van der Waals surface area contributed by atoms with Gasteiger partial charge in [0.1, 0.15) is 0 Å². The Morgan fingerprint density at radius 3 is 2.48 bits per heavy atom. The van der Waals surface area contributed by atoms with Crippen LogP contribution in [-0.2, 0) is 10.9 Å². The molecule has 0 fully saturated rings. The number of hydrogen-bond acceptors (Lipinski definition) is 4. The molecule has 0 saturated carbocycles. The zero-order valence-electron chi connectivity index (χ0n) is 11.8. The molecule has 0 aliphatic heterocycles. The molecule has 118 valence electrons. The first kappa shape index (κ1) is 15.0. The Labute approximate surface area is 128 Å². The van der Waals surface area contributed by atoms with E-state index in [2.05, 4.69) is 14.8 Å². The fraction of sp³-hybridized carbons (Fsp3) is 0.133. The summed E-state index contributed by atoms with van der Waals surface area (Å²) in [5.41, 5.74) is 0.411. The van der Waals surface area contributed by atoms with Crippen LogP contribution in [0.25, 0.3) is 17.0 Å². The van der Waals surface area contributed by atoms with Gasteiger partial charge in [-0.05, 0) is 24.3 Å². The maximum atomic E-state index is 12.6. The number of benzene rings is 1. The van der Waals surface area contributed by atoms with Crippen LogP contribution in [-0.4, -0.2) is 27.7 Å². The van der Waals surface area contributed by atoms with Gasteiger partial charge in [0.05, 0.1) is 18.2 Å². The van der Waals surface area contributed by atoms with Crippen molar-refractivity contribution in [1.82, 2.24) is 14.6 Å². The lowest BCUT2D eigenvalue weighted by Crippen LogP contribution is -2.04. The van der Waals surface area contributed by atoms with Crippen molar-refractivity contribution < 1.29 is 22.7 Å². The van der Waals surface area contributed by atoms with Gasteiger partial charge in [-0.3, -0.25) is 0 Å². The number of fused-ring (bicyclic) bond motifs is 1. The second-order valence-corrected chi connectivity index (χ2v) is 4.72. The van der Waals surface area contributed by atoms with E-state index in [9.17, 15) is 18.0 Å². The number of pyridine rings is 1. The van der Waals surface area contributed by atoms with Crippen molar-refractivity contribution in [2.24, 2.45) is 0 Å². The second kappa shape index (κ2) is 5.38. The van der Waals surface area contributed by atoms with Crippen LogP contribution in [0.4, 0.5) is 13.2 Å². The molecule has 0 aliphatic carbocycles. The molecule has 0 N–H and O–H groups in total. The smallest absolute Gasteiger partial charge is 0.416 e. The number of esters is 1. The van der Waals surface area contributed by atoms with Crippen LogP contribution in [0.3, 0.4) is 0 Å². The molecule has 0 saturated heterocycles. The molecular weight excluding hydrogens is 311 g/mol. The molecule has 5 nitrogen and oxygen atoms in total. The summed E-state index contributed by atoms with van der Waals surface area (Å²) in [6.07, 6.45) is -2.86. The van der Waals surface area contributed by atoms with Gasteiger partial charge in [-0.15, -0.1) is 5.10 Å². The average Bonchev–Trinajstić information content (AvgIpc) is 2.96. The molecule has 0 atom stereocenters. The molecule has 0 spiro atoms. The third kappa shape index (κ3) is 2.87. The van der Waals surface area contributed by atoms with Crippen LogP contribution < -0.4 is 0 Å². The number of carbonyl (C=O) groups excluding carboxylic acids is 1. The Hall–Kier alpha value is -2.90. The van der Waals surface area contributed by atoms with E-state index in [-0.39, 0.29) is 5.82 Å². The van der Waals surface area contributed by atoms with Crippen LogP contribution in [0.5, 0.6) is 0 Å². The highest BCUT2D eigenvalue weighted by molar-refractivity contribution is 5.90. The van der Waals surface area contributed by atoms with Crippen molar-refractivity contribution in [2.45, 2.75) is 6.18 Å². The first-order valence-electron chi connectivity index (χ1n) is 6.51. The van der Waals surface area contributed by atoms with Gasteiger partial charge in [-0.2, -0.15) is 13.2 Å². The standard InChI is InChI=1S/C15H10F3N3O2/c1-23-14(22)10-6-7-21-12(8-10)19-13(20-21)9-2-4-11(5-3-9)15(16,17)18/h2-8H,1H3. The largest absolute Gasteiger partial charge is 0.465 e. The molecule has 3 rings (SSSR count). The number of halogens is 3. The molecule has 0 bridgehead atoms. The number of methoxy groups -OCH3 is 1. The zero-order chi connectivity index (χ0) is 16.6. The van der Waals surface area contributed by atoms with E-state index in [1.54, 1.807) is 0 Å². The summed E-state index contributed by atoms with van der Waals surface area (Å²) in [7, 11) is 1.27. The third-order valence-corrected chi connectivity index (χ3v) is 3.23. The van der Waals surface area contributed by atoms with Crippen LogP contribution in [0.15, 0.2) is 42.6 Å². The van der Waals surface area contributed by atoms with Crippen molar-refractivity contribution in [3.8, 4) is 11.4 Å². The SMILES string of the molecule is COC(=O)c1ccn2nc(-c3ccc(C(F)(F)F)cc3)nc2c1. The Bertz CT molecular complexity index is 870. The summed E-state index contributed by atoms with van der Waals surface area (Å²) < 4.78 is 43.7. The third-order valence-electron chi connectivity index (χ3n) is 3.23. The Morgan fingerprint density at radius 2 is 1.87 bits per heavy atom. The fourth-order valence-electron chi connectivity index (χ4n) is 2.06. The van der Waals surface area contributed by atoms with E-state index in [0.717, 1.165) is 12.1 Å². The van der Waals surface area contributed by atoms with Crippen molar-refractivity contribution in [2.75, 3.05) is 7.11 Å². The molecule has 0 amide bonds. The number of alkyl halides is 3. The molecule has 23 heavy (non-hydrogen) atoms. The number of rotatable bonds is 2. The van der Waals surface area contributed by atoms with E-state index in [1.807, 2.05) is 0 Å². The van der Waals surface area contributed by atoms with Crippen molar-refractivity contribution in [3.05, 3.63) is 53.7 Å². The van der Waals surface area contributed by atoms with E-state index in [4.69, 9.17) is 0 Å². The minimum Gasteiger partial charge on any atom is -0.465 e. The van der Waals surface area contributed by atoms with Gasteiger partial charge in [0.15, 0.2) is 11.5 Å². The second-order valence-electron chi connectivity index (χ2n) is 4.72. The van der Waals surface area contributed by atoms with Crippen LogP contribution >= 0.6 is 0 Å². The Kier molecular flexibility index (Phi) is 3.51. The van der Waals surface area contributed by atoms with Crippen LogP contribution in [0.1, 0.15) is 15.9 Å². The quantitative estimate of drug-likeness (QED) is 0.680. The van der Waals surface area contributed by atoms with Crippen molar-refractivity contribution >= 4 is 11.6 Å².